The van der Waals surface area contributed by atoms with Crippen molar-refractivity contribution in [3.63, 3.8) is 0 Å². The normalized spacial score (nSPS) is 13.2. The van der Waals surface area contributed by atoms with Crippen molar-refractivity contribution < 1.29 is 9.18 Å². The Morgan fingerprint density at radius 3 is 2.55 bits per heavy atom. The molecule has 0 saturated carbocycles. The van der Waals surface area contributed by atoms with Gasteiger partial charge in [0.25, 0.3) is 5.91 Å². The molecule has 0 aliphatic rings. The number of nitrogens with zero attached hydrogens (tertiary/aromatic N) is 1. The number of alkyl halides is 1. The van der Waals surface area contributed by atoms with Crippen LogP contribution in [0.4, 0.5) is 10.2 Å². The summed E-state index contributed by atoms with van der Waals surface area (Å²) in [4.78, 5) is 16.1. The summed E-state index contributed by atoms with van der Waals surface area (Å²) in [5.41, 5.74) is -0.661. The summed E-state index contributed by atoms with van der Waals surface area (Å²) in [5, 5.41) is 5.65. The zero-order valence-corrected chi connectivity index (χ0v) is 12.8. The molecular formula is C17H20FN3O. The number of aryl methyl sites for hydroxylation is 1. The quantitative estimate of drug-likeness (QED) is 0.807. The molecule has 116 valence electrons. The number of halogens is 1. The van der Waals surface area contributed by atoms with Crippen molar-refractivity contribution in [3.05, 3.63) is 59.8 Å². The molecule has 2 N–H and O–H groups in total. The molecule has 1 heterocycles. The fourth-order valence-corrected chi connectivity index (χ4v) is 2.00. The molecule has 1 unspecified atom stereocenters. The highest BCUT2D eigenvalue weighted by molar-refractivity contribution is 5.86. The Labute approximate surface area is 129 Å². The van der Waals surface area contributed by atoms with E-state index < -0.39 is 11.6 Å². The predicted molar refractivity (Wildman–Crippen MR) is 85.4 cm³/mol. The minimum Gasteiger partial charge on any atom is -0.368 e. The van der Waals surface area contributed by atoms with Gasteiger partial charge in [-0.15, -0.1) is 0 Å². The summed E-state index contributed by atoms with van der Waals surface area (Å²) in [7, 11) is 0. The maximum absolute atomic E-state index is 14.7. The fourth-order valence-electron chi connectivity index (χ4n) is 2.00. The molecule has 1 aromatic heterocycles. The number of anilines is 1. The monoisotopic (exact) mass is 301 g/mol. The van der Waals surface area contributed by atoms with Gasteiger partial charge in [0, 0.05) is 19.3 Å². The van der Waals surface area contributed by atoms with E-state index in [1.165, 1.54) is 6.92 Å². The van der Waals surface area contributed by atoms with Crippen LogP contribution in [0, 0.1) is 6.92 Å². The SMILES string of the molecule is Cc1ccc(C(C)(F)C(=O)NCCNc2ccccn2)cc1. The lowest BCUT2D eigenvalue weighted by molar-refractivity contribution is -0.132. The Kier molecular flexibility index (Phi) is 5.09. The smallest absolute Gasteiger partial charge is 0.262 e. The van der Waals surface area contributed by atoms with E-state index in [2.05, 4.69) is 15.6 Å². The molecule has 0 aliphatic heterocycles. The van der Waals surface area contributed by atoms with Gasteiger partial charge in [-0.05, 0) is 31.5 Å². The molecule has 0 fully saturated rings. The Hall–Kier alpha value is -2.43. The molecule has 0 aliphatic carbocycles. The molecule has 0 bridgehead atoms. The van der Waals surface area contributed by atoms with Gasteiger partial charge in [0.05, 0.1) is 0 Å². The lowest BCUT2D eigenvalue weighted by atomic mass is 9.96. The molecule has 1 atom stereocenters. The Morgan fingerprint density at radius 1 is 1.18 bits per heavy atom. The fraction of sp³-hybridized carbons (Fsp3) is 0.294. The van der Waals surface area contributed by atoms with Crippen LogP contribution in [0.2, 0.25) is 0 Å². The van der Waals surface area contributed by atoms with Crippen molar-refractivity contribution in [2.75, 3.05) is 18.4 Å². The second-order valence-electron chi connectivity index (χ2n) is 5.27. The van der Waals surface area contributed by atoms with Gasteiger partial charge in [0.1, 0.15) is 5.82 Å². The van der Waals surface area contributed by atoms with Gasteiger partial charge in [0.15, 0.2) is 0 Å². The molecule has 0 spiro atoms. The third-order valence-corrected chi connectivity index (χ3v) is 3.40. The van der Waals surface area contributed by atoms with Crippen molar-refractivity contribution in [2.45, 2.75) is 19.5 Å². The van der Waals surface area contributed by atoms with Gasteiger partial charge in [0.2, 0.25) is 5.67 Å². The van der Waals surface area contributed by atoms with Crippen molar-refractivity contribution in [1.29, 1.82) is 0 Å². The summed E-state index contributed by atoms with van der Waals surface area (Å²) < 4.78 is 14.7. The highest BCUT2D eigenvalue weighted by Gasteiger charge is 2.34. The van der Waals surface area contributed by atoms with Gasteiger partial charge in [-0.25, -0.2) is 9.37 Å². The third kappa shape index (κ3) is 4.04. The first-order chi connectivity index (χ1) is 10.5. The second kappa shape index (κ2) is 7.02. The number of aromatic nitrogens is 1. The van der Waals surface area contributed by atoms with Crippen LogP contribution in [0.3, 0.4) is 0 Å². The van der Waals surface area contributed by atoms with Crippen molar-refractivity contribution in [2.24, 2.45) is 0 Å². The van der Waals surface area contributed by atoms with E-state index in [4.69, 9.17) is 0 Å². The lowest BCUT2D eigenvalue weighted by Gasteiger charge is -2.20. The summed E-state index contributed by atoms with van der Waals surface area (Å²) in [6, 6.07) is 12.4. The van der Waals surface area contributed by atoms with E-state index in [-0.39, 0.29) is 0 Å². The van der Waals surface area contributed by atoms with Crippen LogP contribution in [-0.4, -0.2) is 24.0 Å². The minimum atomic E-state index is -2.04. The molecule has 0 saturated heterocycles. The van der Waals surface area contributed by atoms with Crippen molar-refractivity contribution >= 4 is 11.7 Å². The van der Waals surface area contributed by atoms with Crippen molar-refractivity contribution in [3.8, 4) is 0 Å². The van der Waals surface area contributed by atoms with E-state index in [1.807, 2.05) is 25.1 Å². The van der Waals surface area contributed by atoms with Crippen molar-refractivity contribution in [1.82, 2.24) is 10.3 Å². The first-order valence-corrected chi connectivity index (χ1v) is 7.19. The number of carbonyl (C=O) groups is 1. The maximum Gasteiger partial charge on any atom is 0.262 e. The molecule has 2 rings (SSSR count). The van der Waals surface area contributed by atoms with E-state index in [0.717, 1.165) is 11.4 Å². The number of benzene rings is 1. The lowest BCUT2D eigenvalue weighted by Crippen LogP contribution is -2.41. The first-order valence-electron chi connectivity index (χ1n) is 7.19. The average Bonchev–Trinajstić information content (AvgIpc) is 2.52. The van der Waals surface area contributed by atoms with Crippen LogP contribution in [-0.2, 0) is 10.5 Å². The molecule has 4 nitrogen and oxygen atoms in total. The summed E-state index contributed by atoms with van der Waals surface area (Å²) in [6.07, 6.45) is 1.68. The van der Waals surface area contributed by atoms with E-state index >= 15 is 0 Å². The average molecular weight is 301 g/mol. The molecule has 22 heavy (non-hydrogen) atoms. The zero-order valence-electron chi connectivity index (χ0n) is 12.8. The number of hydrogen-bond acceptors (Lipinski definition) is 3. The number of carbonyl (C=O) groups excluding carboxylic acids is 1. The van der Waals surface area contributed by atoms with E-state index in [9.17, 15) is 9.18 Å². The van der Waals surface area contributed by atoms with Crippen LogP contribution >= 0.6 is 0 Å². The Morgan fingerprint density at radius 2 is 1.91 bits per heavy atom. The highest BCUT2D eigenvalue weighted by atomic mass is 19.1. The van der Waals surface area contributed by atoms with Gasteiger partial charge in [-0.3, -0.25) is 4.79 Å². The predicted octanol–water partition coefficient (Wildman–Crippen LogP) is 2.80. The van der Waals surface area contributed by atoms with Gasteiger partial charge in [-0.2, -0.15) is 0 Å². The Bertz CT molecular complexity index is 612. The summed E-state index contributed by atoms with van der Waals surface area (Å²) >= 11 is 0. The van der Waals surface area contributed by atoms with Gasteiger partial charge >= 0.3 is 0 Å². The topological polar surface area (TPSA) is 54.0 Å². The second-order valence-corrected chi connectivity index (χ2v) is 5.27. The molecule has 2 aromatic rings. The van der Waals surface area contributed by atoms with Crippen LogP contribution in [0.15, 0.2) is 48.7 Å². The third-order valence-electron chi connectivity index (χ3n) is 3.40. The molecular weight excluding hydrogens is 281 g/mol. The van der Waals surface area contributed by atoms with Crippen LogP contribution in [0.1, 0.15) is 18.1 Å². The van der Waals surface area contributed by atoms with E-state index in [0.29, 0.717) is 18.7 Å². The van der Waals surface area contributed by atoms with Crippen LogP contribution in [0.5, 0.6) is 0 Å². The zero-order chi connectivity index (χ0) is 16.0. The molecule has 1 amide bonds. The number of pyridine rings is 1. The number of rotatable bonds is 6. The number of amides is 1. The van der Waals surface area contributed by atoms with E-state index in [1.54, 1.807) is 30.5 Å². The summed E-state index contributed by atoms with van der Waals surface area (Å²) in [5.74, 6) is 0.0810. The largest absolute Gasteiger partial charge is 0.368 e. The van der Waals surface area contributed by atoms with Gasteiger partial charge in [-0.1, -0.05) is 35.9 Å². The maximum atomic E-state index is 14.7. The summed E-state index contributed by atoms with van der Waals surface area (Å²) in [6.45, 7) is 4.00. The minimum absolute atomic E-state index is 0.320. The Balaban J connectivity index is 1.84. The molecule has 0 radical (unpaired) electrons. The van der Waals surface area contributed by atoms with Crippen LogP contribution in [0.25, 0.3) is 0 Å². The van der Waals surface area contributed by atoms with Gasteiger partial charge < -0.3 is 10.6 Å². The number of hydrogen-bond donors (Lipinski definition) is 2. The molecule has 5 heteroatoms. The molecule has 1 aromatic carbocycles. The first kappa shape index (κ1) is 15.9. The standard InChI is InChI=1S/C17H20FN3O/c1-13-6-8-14(9-7-13)17(2,18)16(22)21-12-11-20-15-5-3-4-10-19-15/h3-10H,11-12H2,1-2H3,(H,19,20)(H,21,22). The van der Waals surface area contributed by atoms with Crippen LogP contribution < -0.4 is 10.6 Å². The number of nitrogens with one attached hydrogen (secondary N) is 2. The highest BCUT2D eigenvalue weighted by Crippen LogP contribution is 2.25.